The number of para-hydroxylation sites is 1. The van der Waals surface area contributed by atoms with Crippen molar-refractivity contribution < 1.29 is 4.79 Å². The molecule has 0 spiro atoms. The Morgan fingerprint density at radius 2 is 1.85 bits per heavy atom. The number of amides is 1. The predicted octanol–water partition coefficient (Wildman–Crippen LogP) is 5.11. The Labute approximate surface area is 161 Å². The zero-order valence-electron chi connectivity index (χ0n) is 15.9. The third-order valence-corrected chi connectivity index (χ3v) is 5.64. The van der Waals surface area contributed by atoms with E-state index in [4.69, 9.17) is 0 Å². The van der Waals surface area contributed by atoms with Gasteiger partial charge in [0.15, 0.2) is 0 Å². The molecule has 2 heterocycles. The molecule has 1 saturated heterocycles. The van der Waals surface area contributed by atoms with Gasteiger partial charge in [0.2, 0.25) is 0 Å². The van der Waals surface area contributed by atoms with Gasteiger partial charge in [0.05, 0.1) is 5.57 Å². The van der Waals surface area contributed by atoms with E-state index in [2.05, 4.69) is 46.7 Å². The fraction of sp³-hybridized carbons (Fsp3) is 0.348. The van der Waals surface area contributed by atoms with Crippen molar-refractivity contribution in [2.45, 2.75) is 32.6 Å². The van der Waals surface area contributed by atoms with Crippen LogP contribution in [0.2, 0.25) is 0 Å². The first-order valence-corrected chi connectivity index (χ1v) is 9.97. The third-order valence-electron chi connectivity index (χ3n) is 5.64. The minimum atomic E-state index is -0.0599. The molecule has 1 fully saturated rings. The van der Waals surface area contributed by atoms with E-state index in [1.165, 1.54) is 31.4 Å². The van der Waals surface area contributed by atoms with Gasteiger partial charge in [-0.1, -0.05) is 38.0 Å². The lowest BCUT2D eigenvalue weighted by molar-refractivity contribution is -0.110. The van der Waals surface area contributed by atoms with Crippen LogP contribution in [0.1, 0.15) is 38.2 Å². The van der Waals surface area contributed by atoms with E-state index in [1.807, 2.05) is 24.3 Å². The molecule has 0 saturated carbocycles. The maximum Gasteiger partial charge on any atom is 0.257 e. The van der Waals surface area contributed by atoms with Gasteiger partial charge >= 0.3 is 0 Å². The number of carbonyl (C=O) groups is 1. The summed E-state index contributed by atoms with van der Waals surface area (Å²) < 4.78 is 0. The van der Waals surface area contributed by atoms with Crippen LogP contribution in [0.15, 0.2) is 54.7 Å². The smallest absolute Gasteiger partial charge is 0.257 e. The van der Waals surface area contributed by atoms with Gasteiger partial charge in [-0.15, -0.1) is 0 Å². The van der Waals surface area contributed by atoms with Gasteiger partial charge in [0.25, 0.3) is 5.91 Å². The number of hydrogen-bond donors (Lipinski definition) is 2. The summed E-state index contributed by atoms with van der Waals surface area (Å²) in [5.74, 6) is 0.842. The lowest BCUT2D eigenvalue weighted by atomic mass is 9.92. The molecule has 2 N–H and O–H groups in total. The molecule has 2 aliphatic rings. The van der Waals surface area contributed by atoms with Crippen LogP contribution >= 0.6 is 0 Å². The maximum atomic E-state index is 12.2. The molecule has 0 aliphatic carbocycles. The summed E-state index contributed by atoms with van der Waals surface area (Å²) in [7, 11) is 0. The Hall–Kier alpha value is -2.75. The average Bonchev–Trinajstić information content (AvgIpc) is 3.03. The lowest BCUT2D eigenvalue weighted by Crippen LogP contribution is -2.33. The zero-order chi connectivity index (χ0) is 18.6. The average molecular weight is 361 g/mol. The van der Waals surface area contributed by atoms with Crippen molar-refractivity contribution in [2.75, 3.05) is 28.6 Å². The van der Waals surface area contributed by atoms with Gasteiger partial charge in [-0.3, -0.25) is 4.79 Å². The highest BCUT2D eigenvalue weighted by atomic mass is 16.2. The van der Waals surface area contributed by atoms with E-state index in [-0.39, 0.29) is 5.91 Å². The number of nitrogens with zero attached hydrogens (tertiary/aromatic N) is 1. The summed E-state index contributed by atoms with van der Waals surface area (Å²) in [6, 6.07) is 16.3. The van der Waals surface area contributed by atoms with Crippen molar-refractivity contribution in [1.82, 2.24) is 0 Å². The van der Waals surface area contributed by atoms with Crippen molar-refractivity contribution >= 4 is 28.5 Å². The molecule has 2 aromatic carbocycles. The normalized spacial score (nSPS) is 18.5. The van der Waals surface area contributed by atoms with Gasteiger partial charge in [-0.25, -0.2) is 0 Å². The molecule has 27 heavy (non-hydrogen) atoms. The molecule has 2 aliphatic heterocycles. The van der Waals surface area contributed by atoms with E-state index in [0.29, 0.717) is 5.57 Å². The molecule has 0 radical (unpaired) electrons. The van der Waals surface area contributed by atoms with Gasteiger partial charge in [-0.2, -0.15) is 0 Å². The second-order valence-electron chi connectivity index (χ2n) is 7.47. The van der Waals surface area contributed by atoms with Crippen LogP contribution in [0.4, 0.5) is 17.1 Å². The predicted molar refractivity (Wildman–Crippen MR) is 113 cm³/mol. The lowest BCUT2D eigenvalue weighted by Gasteiger charge is -2.33. The Morgan fingerprint density at radius 1 is 1.11 bits per heavy atom. The Balaban J connectivity index is 1.40. The van der Waals surface area contributed by atoms with Crippen LogP contribution < -0.4 is 15.5 Å². The topological polar surface area (TPSA) is 44.4 Å². The standard InChI is InChI=1S/C23H27N3O/c1-2-5-17-12-14-26(15-13-17)19-10-8-18(9-11-19)24-16-21-20-6-3-4-7-22(20)25-23(21)27/h3-4,6-11,16-17,24H,2,5,12-15H2,1H3,(H,25,27). The third kappa shape index (κ3) is 3.85. The molecule has 4 rings (SSSR count). The zero-order valence-corrected chi connectivity index (χ0v) is 15.9. The fourth-order valence-corrected chi connectivity index (χ4v) is 4.09. The number of hydrogen-bond acceptors (Lipinski definition) is 3. The molecule has 0 unspecified atom stereocenters. The van der Waals surface area contributed by atoms with Crippen LogP contribution in [0.25, 0.3) is 5.57 Å². The maximum absolute atomic E-state index is 12.2. The summed E-state index contributed by atoms with van der Waals surface area (Å²) in [5.41, 5.74) is 4.77. The van der Waals surface area contributed by atoms with E-state index < -0.39 is 0 Å². The minimum Gasteiger partial charge on any atom is -0.372 e. The van der Waals surface area contributed by atoms with Crippen LogP contribution in [-0.4, -0.2) is 19.0 Å². The van der Waals surface area contributed by atoms with Crippen molar-refractivity contribution in [2.24, 2.45) is 5.92 Å². The number of anilines is 3. The number of rotatable bonds is 5. The molecule has 4 nitrogen and oxygen atoms in total. The number of carbonyl (C=O) groups excluding carboxylic acids is 1. The summed E-state index contributed by atoms with van der Waals surface area (Å²) in [6.45, 7) is 4.58. The molecule has 0 atom stereocenters. The van der Waals surface area contributed by atoms with Crippen molar-refractivity contribution in [3.05, 3.63) is 60.3 Å². The summed E-state index contributed by atoms with van der Waals surface area (Å²) in [4.78, 5) is 14.6. The first-order chi connectivity index (χ1) is 13.2. The SMILES string of the molecule is CCCC1CCN(c2ccc(NC=C3C(=O)Nc4ccccc43)cc2)CC1. The molecule has 2 aromatic rings. The van der Waals surface area contributed by atoms with Crippen LogP contribution in [0.3, 0.4) is 0 Å². The highest BCUT2D eigenvalue weighted by Gasteiger charge is 2.23. The van der Waals surface area contributed by atoms with Gasteiger partial charge < -0.3 is 15.5 Å². The molecule has 0 aromatic heterocycles. The van der Waals surface area contributed by atoms with E-state index in [1.54, 1.807) is 6.20 Å². The van der Waals surface area contributed by atoms with Crippen molar-refractivity contribution in [3.8, 4) is 0 Å². The van der Waals surface area contributed by atoms with E-state index >= 15 is 0 Å². The number of nitrogens with one attached hydrogen (secondary N) is 2. The summed E-state index contributed by atoms with van der Waals surface area (Å²) >= 11 is 0. The summed E-state index contributed by atoms with van der Waals surface area (Å²) in [5, 5.41) is 6.16. The second kappa shape index (κ2) is 7.87. The van der Waals surface area contributed by atoms with Crippen LogP contribution in [-0.2, 0) is 4.79 Å². The first-order valence-electron chi connectivity index (χ1n) is 9.97. The molecule has 140 valence electrons. The fourth-order valence-electron chi connectivity index (χ4n) is 4.09. The van der Waals surface area contributed by atoms with E-state index in [9.17, 15) is 4.79 Å². The Morgan fingerprint density at radius 3 is 2.59 bits per heavy atom. The van der Waals surface area contributed by atoms with Gasteiger partial charge in [-0.05, 0) is 49.1 Å². The number of benzene rings is 2. The summed E-state index contributed by atoms with van der Waals surface area (Å²) in [6.07, 6.45) is 7.06. The van der Waals surface area contributed by atoms with Crippen LogP contribution in [0.5, 0.6) is 0 Å². The molecule has 1 amide bonds. The number of piperidine rings is 1. The monoisotopic (exact) mass is 361 g/mol. The molecule has 4 heteroatoms. The Kier molecular flexibility index (Phi) is 5.14. The minimum absolute atomic E-state index is 0.0599. The Bertz CT molecular complexity index is 833. The molecular formula is C23H27N3O. The van der Waals surface area contributed by atoms with Crippen LogP contribution in [0, 0.1) is 5.92 Å². The second-order valence-corrected chi connectivity index (χ2v) is 7.47. The number of fused-ring (bicyclic) bond motifs is 1. The van der Waals surface area contributed by atoms with E-state index in [0.717, 1.165) is 35.9 Å². The highest BCUT2D eigenvalue weighted by molar-refractivity contribution is 6.31. The largest absolute Gasteiger partial charge is 0.372 e. The quantitative estimate of drug-likeness (QED) is 0.728. The molecule has 0 bridgehead atoms. The molecular weight excluding hydrogens is 334 g/mol. The van der Waals surface area contributed by atoms with Gasteiger partial charge in [0.1, 0.15) is 0 Å². The first kappa shape index (κ1) is 17.7. The highest BCUT2D eigenvalue weighted by Crippen LogP contribution is 2.31. The van der Waals surface area contributed by atoms with Crippen molar-refractivity contribution in [1.29, 1.82) is 0 Å². The van der Waals surface area contributed by atoms with Gasteiger partial charge in [0, 0.05) is 41.9 Å². The van der Waals surface area contributed by atoms with Crippen molar-refractivity contribution in [3.63, 3.8) is 0 Å².